The molecule has 0 unspecified atom stereocenters. The molecular weight excluding hydrogens is 226 g/mol. The SMILES string of the molecule is CC[C@@H](Sc1nc2ccccc2o1)C(=O)O. The molecule has 0 amide bonds. The molecule has 2 rings (SSSR count). The van der Waals surface area contributed by atoms with E-state index in [0.717, 1.165) is 17.3 Å². The van der Waals surface area contributed by atoms with E-state index in [9.17, 15) is 4.79 Å². The van der Waals surface area contributed by atoms with Gasteiger partial charge in [0, 0.05) is 0 Å². The van der Waals surface area contributed by atoms with Gasteiger partial charge in [-0.25, -0.2) is 4.98 Å². The minimum Gasteiger partial charge on any atom is -0.480 e. The number of fused-ring (bicyclic) bond motifs is 1. The lowest BCUT2D eigenvalue weighted by molar-refractivity contribution is -0.136. The fraction of sp³-hybridized carbons (Fsp3) is 0.273. The second-order valence-corrected chi connectivity index (χ2v) is 4.45. The largest absolute Gasteiger partial charge is 0.480 e. The van der Waals surface area contributed by atoms with Crippen molar-refractivity contribution < 1.29 is 14.3 Å². The number of aromatic nitrogens is 1. The molecule has 1 aromatic heterocycles. The van der Waals surface area contributed by atoms with Gasteiger partial charge in [-0.2, -0.15) is 0 Å². The topological polar surface area (TPSA) is 63.3 Å². The van der Waals surface area contributed by atoms with Gasteiger partial charge in [0.15, 0.2) is 5.58 Å². The van der Waals surface area contributed by atoms with E-state index in [1.54, 1.807) is 0 Å². The zero-order valence-corrected chi connectivity index (χ0v) is 9.53. The molecule has 0 spiro atoms. The number of hydrogen-bond acceptors (Lipinski definition) is 4. The molecule has 0 aliphatic carbocycles. The maximum atomic E-state index is 10.9. The number of carbonyl (C=O) groups is 1. The van der Waals surface area contributed by atoms with Crippen LogP contribution in [0.3, 0.4) is 0 Å². The Labute approximate surface area is 96.7 Å². The molecule has 0 saturated heterocycles. The summed E-state index contributed by atoms with van der Waals surface area (Å²) >= 11 is 1.15. The van der Waals surface area contributed by atoms with Crippen molar-refractivity contribution in [3.8, 4) is 0 Å². The molecule has 16 heavy (non-hydrogen) atoms. The van der Waals surface area contributed by atoms with Crippen LogP contribution in [0.2, 0.25) is 0 Å². The quantitative estimate of drug-likeness (QED) is 0.828. The summed E-state index contributed by atoms with van der Waals surface area (Å²) in [6.07, 6.45) is 0.540. The molecule has 1 aromatic carbocycles. The van der Waals surface area contributed by atoms with Gasteiger partial charge in [-0.3, -0.25) is 4.79 Å². The number of aliphatic carboxylic acids is 1. The third kappa shape index (κ3) is 2.19. The van der Waals surface area contributed by atoms with Crippen molar-refractivity contribution in [2.24, 2.45) is 0 Å². The van der Waals surface area contributed by atoms with Gasteiger partial charge >= 0.3 is 5.97 Å². The first-order valence-corrected chi connectivity index (χ1v) is 5.83. The maximum Gasteiger partial charge on any atom is 0.317 e. The Kier molecular flexibility index (Phi) is 3.14. The van der Waals surface area contributed by atoms with Gasteiger partial charge in [-0.1, -0.05) is 30.8 Å². The molecule has 1 heterocycles. The fourth-order valence-electron chi connectivity index (χ4n) is 1.33. The van der Waals surface area contributed by atoms with Gasteiger partial charge in [0.2, 0.25) is 0 Å². The predicted molar refractivity (Wildman–Crippen MR) is 61.6 cm³/mol. The van der Waals surface area contributed by atoms with E-state index < -0.39 is 11.2 Å². The Balaban J connectivity index is 2.24. The van der Waals surface area contributed by atoms with Gasteiger partial charge in [0.25, 0.3) is 5.22 Å². The maximum absolute atomic E-state index is 10.9. The van der Waals surface area contributed by atoms with Crippen LogP contribution in [0.4, 0.5) is 0 Å². The summed E-state index contributed by atoms with van der Waals surface area (Å²) in [6, 6.07) is 7.38. The summed E-state index contributed by atoms with van der Waals surface area (Å²) in [5.74, 6) is -0.838. The van der Waals surface area contributed by atoms with E-state index >= 15 is 0 Å². The molecular formula is C11H11NO3S. The van der Waals surface area contributed by atoms with E-state index in [-0.39, 0.29) is 0 Å². The van der Waals surface area contributed by atoms with Gasteiger partial charge in [-0.05, 0) is 18.6 Å². The molecule has 5 heteroatoms. The Bertz CT molecular complexity index is 476. The highest BCUT2D eigenvalue weighted by atomic mass is 32.2. The normalized spacial score (nSPS) is 12.8. The molecule has 4 nitrogen and oxygen atoms in total. The number of carboxylic acid groups (broad SMARTS) is 1. The molecule has 0 radical (unpaired) electrons. The van der Waals surface area contributed by atoms with E-state index in [0.29, 0.717) is 17.2 Å². The lowest BCUT2D eigenvalue weighted by atomic mass is 10.3. The second-order valence-electron chi connectivity index (χ2n) is 3.30. The average Bonchev–Trinajstić information content (AvgIpc) is 2.67. The van der Waals surface area contributed by atoms with Crippen LogP contribution in [-0.4, -0.2) is 21.3 Å². The Morgan fingerprint density at radius 3 is 2.94 bits per heavy atom. The van der Waals surface area contributed by atoms with Crippen molar-refractivity contribution in [3.05, 3.63) is 24.3 Å². The number of rotatable bonds is 4. The lowest BCUT2D eigenvalue weighted by Gasteiger charge is -2.04. The number of benzene rings is 1. The van der Waals surface area contributed by atoms with Crippen LogP contribution in [0.5, 0.6) is 0 Å². The lowest BCUT2D eigenvalue weighted by Crippen LogP contribution is -2.14. The first kappa shape index (κ1) is 11.0. The number of nitrogens with zero attached hydrogens (tertiary/aromatic N) is 1. The van der Waals surface area contributed by atoms with Gasteiger partial charge in [0.05, 0.1) is 0 Å². The second kappa shape index (κ2) is 4.57. The van der Waals surface area contributed by atoms with Crippen LogP contribution in [0.1, 0.15) is 13.3 Å². The van der Waals surface area contributed by atoms with E-state index in [1.165, 1.54) is 0 Å². The number of thioether (sulfide) groups is 1. The zero-order valence-electron chi connectivity index (χ0n) is 8.71. The summed E-state index contributed by atoms with van der Waals surface area (Å²) in [7, 11) is 0. The summed E-state index contributed by atoms with van der Waals surface area (Å²) in [6.45, 7) is 1.83. The van der Waals surface area contributed by atoms with Crippen LogP contribution in [-0.2, 0) is 4.79 Å². The highest BCUT2D eigenvalue weighted by Crippen LogP contribution is 2.28. The first-order valence-electron chi connectivity index (χ1n) is 4.95. The molecule has 1 N–H and O–H groups in total. The van der Waals surface area contributed by atoms with Crippen molar-refractivity contribution in [3.63, 3.8) is 0 Å². The summed E-state index contributed by atoms with van der Waals surface area (Å²) in [5.41, 5.74) is 1.44. The Morgan fingerprint density at radius 2 is 2.31 bits per heavy atom. The minimum absolute atomic E-state index is 0.412. The van der Waals surface area contributed by atoms with Gasteiger partial charge in [0.1, 0.15) is 10.8 Å². The number of para-hydroxylation sites is 2. The molecule has 0 aliphatic heterocycles. The number of oxazole rings is 1. The summed E-state index contributed by atoms with van der Waals surface area (Å²) < 4.78 is 5.44. The minimum atomic E-state index is -0.838. The Hall–Kier alpha value is -1.49. The highest BCUT2D eigenvalue weighted by molar-refractivity contribution is 8.00. The van der Waals surface area contributed by atoms with Crippen molar-refractivity contribution in [1.82, 2.24) is 4.98 Å². The van der Waals surface area contributed by atoms with E-state index in [1.807, 2.05) is 31.2 Å². The standard InChI is InChI=1S/C11H11NO3S/c1-2-9(10(13)14)16-11-12-7-5-3-4-6-8(7)15-11/h3-6,9H,2H2,1H3,(H,13,14)/t9-/m1/s1. The molecule has 0 fully saturated rings. The zero-order chi connectivity index (χ0) is 11.5. The van der Waals surface area contributed by atoms with Crippen LogP contribution < -0.4 is 0 Å². The van der Waals surface area contributed by atoms with Crippen molar-refractivity contribution in [2.75, 3.05) is 0 Å². The molecule has 0 aliphatic rings. The van der Waals surface area contributed by atoms with Crippen molar-refractivity contribution in [1.29, 1.82) is 0 Å². The molecule has 84 valence electrons. The highest BCUT2D eigenvalue weighted by Gasteiger charge is 2.19. The number of hydrogen-bond donors (Lipinski definition) is 1. The number of carboxylic acids is 1. The molecule has 0 saturated carbocycles. The molecule has 0 bridgehead atoms. The summed E-state index contributed by atoms with van der Waals surface area (Å²) in [4.78, 5) is 15.1. The Morgan fingerprint density at radius 1 is 1.56 bits per heavy atom. The molecule has 2 aromatic rings. The van der Waals surface area contributed by atoms with Crippen LogP contribution >= 0.6 is 11.8 Å². The van der Waals surface area contributed by atoms with Crippen LogP contribution in [0.25, 0.3) is 11.1 Å². The predicted octanol–water partition coefficient (Wildman–Crippen LogP) is 2.78. The van der Waals surface area contributed by atoms with Gasteiger partial charge in [-0.15, -0.1) is 0 Å². The van der Waals surface area contributed by atoms with E-state index in [2.05, 4.69) is 4.98 Å². The third-order valence-electron chi connectivity index (χ3n) is 2.16. The monoisotopic (exact) mass is 237 g/mol. The summed E-state index contributed by atoms with van der Waals surface area (Å²) in [5, 5.41) is 8.83. The molecule has 1 atom stereocenters. The third-order valence-corrected chi connectivity index (χ3v) is 3.36. The first-order chi connectivity index (χ1) is 7.70. The van der Waals surface area contributed by atoms with Crippen LogP contribution in [0.15, 0.2) is 33.9 Å². The van der Waals surface area contributed by atoms with E-state index in [4.69, 9.17) is 9.52 Å². The van der Waals surface area contributed by atoms with Crippen LogP contribution in [0, 0.1) is 0 Å². The van der Waals surface area contributed by atoms with Crippen molar-refractivity contribution in [2.45, 2.75) is 23.8 Å². The average molecular weight is 237 g/mol. The van der Waals surface area contributed by atoms with Gasteiger partial charge < -0.3 is 9.52 Å². The smallest absolute Gasteiger partial charge is 0.317 e. The van der Waals surface area contributed by atoms with Crippen molar-refractivity contribution >= 4 is 28.8 Å². The fourth-order valence-corrected chi connectivity index (χ4v) is 2.13.